The second kappa shape index (κ2) is 5.81. The van der Waals surface area contributed by atoms with Gasteiger partial charge in [0.05, 0.1) is 11.2 Å². The molecule has 1 aliphatic heterocycles. The normalized spacial score (nSPS) is 21.4. The van der Waals surface area contributed by atoms with E-state index in [1.807, 2.05) is 32.9 Å². The highest BCUT2D eigenvalue weighted by atomic mass is 16.5. The highest BCUT2D eigenvalue weighted by Gasteiger charge is 2.28. The molecule has 0 radical (unpaired) electrons. The summed E-state index contributed by atoms with van der Waals surface area (Å²) in [4.78, 5) is 11.4. The van der Waals surface area contributed by atoms with Crippen LogP contribution in [-0.4, -0.2) is 37.3 Å². The summed E-state index contributed by atoms with van der Waals surface area (Å²) in [5.74, 6) is 0.0347. The number of hydrogen-bond donors (Lipinski definition) is 2. The molecule has 1 aromatic rings. The second-order valence-electron chi connectivity index (χ2n) is 5.81. The van der Waals surface area contributed by atoms with Crippen molar-refractivity contribution in [3.63, 3.8) is 0 Å². The Morgan fingerprint density at radius 1 is 1.55 bits per heavy atom. The van der Waals surface area contributed by atoms with Gasteiger partial charge in [0.2, 0.25) is 0 Å². The Morgan fingerprint density at radius 3 is 2.95 bits per heavy atom. The first-order valence-electron chi connectivity index (χ1n) is 6.79. The number of morpholine rings is 1. The van der Waals surface area contributed by atoms with Gasteiger partial charge in [-0.25, -0.2) is 0 Å². The predicted octanol–water partition coefficient (Wildman–Crippen LogP) is 1.24. The van der Waals surface area contributed by atoms with Gasteiger partial charge in [0, 0.05) is 13.1 Å². The summed E-state index contributed by atoms with van der Waals surface area (Å²) in [6.07, 6.45) is -0.0417. The molecule has 0 aliphatic carbocycles. The Balaban J connectivity index is 2.03. The monoisotopic (exact) mass is 278 g/mol. The number of aryl methyl sites for hydroxylation is 1. The van der Waals surface area contributed by atoms with Crippen LogP contribution in [-0.2, 0) is 4.74 Å². The molecule has 1 aromatic carbocycles. The van der Waals surface area contributed by atoms with Crippen molar-refractivity contribution in [2.45, 2.75) is 32.5 Å². The molecule has 1 saturated heterocycles. The molecule has 1 heterocycles. The largest absolute Gasteiger partial charge is 0.490 e. The Morgan fingerprint density at radius 2 is 2.30 bits per heavy atom. The van der Waals surface area contributed by atoms with Crippen molar-refractivity contribution in [1.82, 2.24) is 5.32 Å². The molecule has 20 heavy (non-hydrogen) atoms. The molecular weight excluding hydrogens is 256 g/mol. The number of primary amides is 1. The number of ether oxygens (including phenoxy) is 2. The molecule has 1 aliphatic rings. The van der Waals surface area contributed by atoms with Gasteiger partial charge in [-0.2, -0.15) is 0 Å². The summed E-state index contributed by atoms with van der Waals surface area (Å²) in [5.41, 5.74) is 6.57. The summed E-state index contributed by atoms with van der Waals surface area (Å²) in [6, 6.07) is 5.35. The highest BCUT2D eigenvalue weighted by molar-refractivity contribution is 5.95. The lowest BCUT2D eigenvalue weighted by atomic mass is 10.1. The first-order chi connectivity index (χ1) is 9.37. The second-order valence-corrected chi connectivity index (χ2v) is 5.81. The van der Waals surface area contributed by atoms with E-state index in [1.54, 1.807) is 6.07 Å². The van der Waals surface area contributed by atoms with Crippen molar-refractivity contribution >= 4 is 5.91 Å². The van der Waals surface area contributed by atoms with Crippen molar-refractivity contribution < 1.29 is 14.3 Å². The lowest BCUT2D eigenvalue weighted by Crippen LogP contribution is -2.52. The number of nitrogens with two attached hydrogens (primary N) is 1. The van der Waals surface area contributed by atoms with Crippen LogP contribution in [0.25, 0.3) is 0 Å². The minimum Gasteiger partial charge on any atom is -0.490 e. The van der Waals surface area contributed by atoms with Gasteiger partial charge >= 0.3 is 0 Å². The third-order valence-electron chi connectivity index (χ3n) is 3.24. The topological polar surface area (TPSA) is 73.6 Å². The third kappa shape index (κ3) is 3.71. The molecule has 1 fully saturated rings. The van der Waals surface area contributed by atoms with Gasteiger partial charge in [0.1, 0.15) is 18.5 Å². The maximum Gasteiger partial charge on any atom is 0.252 e. The lowest BCUT2D eigenvalue weighted by Gasteiger charge is -2.36. The van der Waals surface area contributed by atoms with Crippen molar-refractivity contribution in [3.05, 3.63) is 29.3 Å². The van der Waals surface area contributed by atoms with E-state index in [0.29, 0.717) is 17.9 Å². The minimum absolute atomic E-state index is 0.0417. The van der Waals surface area contributed by atoms with Crippen LogP contribution in [0, 0.1) is 6.92 Å². The van der Waals surface area contributed by atoms with E-state index in [4.69, 9.17) is 15.2 Å². The molecule has 2 rings (SSSR count). The van der Waals surface area contributed by atoms with E-state index in [0.717, 1.165) is 18.7 Å². The van der Waals surface area contributed by atoms with Crippen LogP contribution in [0.3, 0.4) is 0 Å². The fourth-order valence-corrected chi connectivity index (χ4v) is 2.30. The van der Waals surface area contributed by atoms with Crippen LogP contribution in [0.5, 0.6) is 5.75 Å². The first-order valence-corrected chi connectivity index (χ1v) is 6.79. The number of hydrogen-bond acceptors (Lipinski definition) is 4. The van der Waals surface area contributed by atoms with Gasteiger partial charge in [-0.3, -0.25) is 4.79 Å². The summed E-state index contributed by atoms with van der Waals surface area (Å²) < 4.78 is 11.7. The molecule has 0 aromatic heterocycles. The lowest BCUT2D eigenvalue weighted by molar-refractivity contribution is -0.107. The summed E-state index contributed by atoms with van der Waals surface area (Å²) >= 11 is 0. The Hall–Kier alpha value is -1.59. The van der Waals surface area contributed by atoms with Crippen LogP contribution >= 0.6 is 0 Å². The average Bonchev–Trinajstić information content (AvgIpc) is 2.35. The van der Waals surface area contributed by atoms with E-state index in [2.05, 4.69) is 5.32 Å². The summed E-state index contributed by atoms with van der Waals surface area (Å²) in [7, 11) is 0. The number of amides is 1. The van der Waals surface area contributed by atoms with E-state index in [9.17, 15) is 4.79 Å². The van der Waals surface area contributed by atoms with E-state index < -0.39 is 5.91 Å². The number of benzene rings is 1. The molecule has 110 valence electrons. The van der Waals surface area contributed by atoms with E-state index in [1.165, 1.54) is 0 Å². The summed E-state index contributed by atoms with van der Waals surface area (Å²) in [5, 5.41) is 3.31. The Labute approximate surface area is 119 Å². The molecule has 1 unspecified atom stereocenters. The van der Waals surface area contributed by atoms with Crippen LogP contribution in [0.1, 0.15) is 29.8 Å². The molecule has 5 heteroatoms. The molecular formula is C15H22N2O3. The molecule has 0 spiro atoms. The van der Waals surface area contributed by atoms with Gasteiger partial charge < -0.3 is 20.5 Å². The number of rotatable bonds is 4. The molecule has 1 atom stereocenters. The zero-order valence-corrected chi connectivity index (χ0v) is 12.2. The van der Waals surface area contributed by atoms with Crippen LogP contribution in [0.4, 0.5) is 0 Å². The number of carbonyl (C=O) groups is 1. The minimum atomic E-state index is -0.483. The van der Waals surface area contributed by atoms with Crippen molar-refractivity contribution in [1.29, 1.82) is 0 Å². The zero-order valence-electron chi connectivity index (χ0n) is 12.2. The molecule has 5 nitrogen and oxygen atoms in total. The SMILES string of the molecule is Cc1ccc(C(N)=O)c(OCC2CNCC(C)(C)O2)c1. The number of carbonyl (C=O) groups excluding carboxylic acids is 1. The smallest absolute Gasteiger partial charge is 0.252 e. The van der Waals surface area contributed by atoms with Gasteiger partial charge in [-0.05, 0) is 38.5 Å². The Kier molecular flexibility index (Phi) is 4.30. The van der Waals surface area contributed by atoms with Crippen LogP contribution in [0.15, 0.2) is 18.2 Å². The average molecular weight is 278 g/mol. The maximum atomic E-state index is 11.4. The highest BCUT2D eigenvalue weighted by Crippen LogP contribution is 2.21. The van der Waals surface area contributed by atoms with E-state index >= 15 is 0 Å². The van der Waals surface area contributed by atoms with Crippen LogP contribution in [0.2, 0.25) is 0 Å². The maximum absolute atomic E-state index is 11.4. The van der Waals surface area contributed by atoms with Crippen molar-refractivity contribution in [2.75, 3.05) is 19.7 Å². The predicted molar refractivity (Wildman–Crippen MR) is 77.0 cm³/mol. The van der Waals surface area contributed by atoms with Crippen LogP contribution < -0.4 is 15.8 Å². The third-order valence-corrected chi connectivity index (χ3v) is 3.24. The Bertz CT molecular complexity index is 500. The van der Waals surface area contributed by atoms with Gasteiger partial charge in [-0.15, -0.1) is 0 Å². The van der Waals surface area contributed by atoms with Crippen molar-refractivity contribution in [3.8, 4) is 5.75 Å². The fraction of sp³-hybridized carbons (Fsp3) is 0.533. The van der Waals surface area contributed by atoms with E-state index in [-0.39, 0.29) is 11.7 Å². The van der Waals surface area contributed by atoms with Gasteiger partial charge in [0.15, 0.2) is 0 Å². The van der Waals surface area contributed by atoms with Crippen molar-refractivity contribution in [2.24, 2.45) is 5.73 Å². The quantitative estimate of drug-likeness (QED) is 0.869. The molecule has 1 amide bonds. The number of nitrogens with one attached hydrogen (secondary N) is 1. The molecule has 0 bridgehead atoms. The standard InChI is InChI=1S/C15H22N2O3/c1-10-4-5-12(14(16)18)13(6-10)19-8-11-7-17-9-15(2,3)20-11/h4-6,11,17H,7-9H2,1-3H3,(H2,16,18). The van der Waals surface area contributed by atoms with Gasteiger partial charge in [0.25, 0.3) is 5.91 Å². The fourth-order valence-electron chi connectivity index (χ4n) is 2.30. The summed E-state index contributed by atoms with van der Waals surface area (Å²) in [6.45, 7) is 7.96. The first kappa shape index (κ1) is 14.8. The zero-order chi connectivity index (χ0) is 14.8. The molecule has 3 N–H and O–H groups in total. The van der Waals surface area contributed by atoms with Gasteiger partial charge in [-0.1, -0.05) is 6.07 Å². The molecule has 0 saturated carbocycles.